The minimum Gasteiger partial charge on any atom is -0.371 e. The van der Waals surface area contributed by atoms with E-state index in [9.17, 15) is 14.0 Å². The Morgan fingerprint density at radius 1 is 1.32 bits per heavy atom. The molecule has 1 aromatic heterocycles. The van der Waals surface area contributed by atoms with Crippen LogP contribution in [0.15, 0.2) is 23.0 Å². The number of piperazine rings is 1. The molecule has 2 aliphatic heterocycles. The molecule has 8 nitrogen and oxygen atoms in total. The van der Waals surface area contributed by atoms with E-state index in [0.717, 1.165) is 13.1 Å². The smallest absolute Gasteiger partial charge is 0.272 e. The van der Waals surface area contributed by atoms with Gasteiger partial charge in [0.05, 0.1) is 29.4 Å². The van der Waals surface area contributed by atoms with Crippen LogP contribution < -0.4 is 15.8 Å². The summed E-state index contributed by atoms with van der Waals surface area (Å²) in [7, 11) is 0. The van der Waals surface area contributed by atoms with E-state index in [1.807, 2.05) is 16.7 Å². The third-order valence-corrected chi connectivity index (χ3v) is 5.24. The first-order valence-corrected chi connectivity index (χ1v) is 9.58. The highest BCUT2D eigenvalue weighted by atomic mass is 19.1. The van der Waals surface area contributed by atoms with Crippen LogP contribution >= 0.6 is 0 Å². The fourth-order valence-corrected chi connectivity index (χ4v) is 3.96. The predicted octanol–water partition coefficient (Wildman–Crippen LogP) is 0.478. The number of anilines is 1. The molecule has 1 aromatic carbocycles. The summed E-state index contributed by atoms with van der Waals surface area (Å²) in [5, 5.41) is 10.3. The molecule has 2 aliphatic rings. The molecule has 150 valence electrons. The van der Waals surface area contributed by atoms with Gasteiger partial charge in [-0.05, 0) is 19.1 Å². The molecule has 2 fully saturated rings. The van der Waals surface area contributed by atoms with Crippen LogP contribution in [0.5, 0.6) is 0 Å². The Balaban J connectivity index is 1.57. The van der Waals surface area contributed by atoms with E-state index >= 15 is 0 Å². The first-order valence-electron chi connectivity index (χ1n) is 9.58. The zero-order chi connectivity index (χ0) is 19.7. The minimum absolute atomic E-state index is 0.0611. The lowest BCUT2D eigenvalue weighted by Gasteiger charge is -2.38. The van der Waals surface area contributed by atoms with Gasteiger partial charge in [0.15, 0.2) is 5.82 Å². The van der Waals surface area contributed by atoms with Crippen molar-refractivity contribution in [2.24, 2.45) is 0 Å². The molecule has 28 heavy (non-hydrogen) atoms. The second kappa shape index (κ2) is 7.84. The van der Waals surface area contributed by atoms with Crippen molar-refractivity contribution < 1.29 is 13.9 Å². The molecule has 2 aromatic rings. The molecule has 2 N–H and O–H groups in total. The molecule has 0 unspecified atom stereocenters. The summed E-state index contributed by atoms with van der Waals surface area (Å²) in [4.78, 5) is 28.4. The molecule has 4 rings (SSSR count). The Bertz CT molecular complexity index is 927. The van der Waals surface area contributed by atoms with Crippen molar-refractivity contribution >= 4 is 22.5 Å². The van der Waals surface area contributed by atoms with Crippen LogP contribution in [0.1, 0.15) is 13.3 Å². The topological polar surface area (TPSA) is 90.6 Å². The van der Waals surface area contributed by atoms with Gasteiger partial charge in [-0.3, -0.25) is 9.59 Å². The molecular weight excluding hydrogens is 365 g/mol. The van der Waals surface area contributed by atoms with E-state index in [0.29, 0.717) is 32.0 Å². The number of benzene rings is 1. The Morgan fingerprint density at radius 2 is 2.11 bits per heavy atom. The van der Waals surface area contributed by atoms with Crippen LogP contribution in [-0.2, 0) is 9.53 Å². The third kappa shape index (κ3) is 3.72. The van der Waals surface area contributed by atoms with E-state index in [2.05, 4.69) is 15.5 Å². The van der Waals surface area contributed by atoms with Crippen LogP contribution in [0.3, 0.4) is 0 Å². The van der Waals surface area contributed by atoms with Gasteiger partial charge < -0.3 is 19.9 Å². The molecule has 0 aliphatic carbocycles. The average Bonchev–Trinajstić information content (AvgIpc) is 2.69. The zero-order valence-corrected chi connectivity index (χ0v) is 15.8. The molecule has 3 heterocycles. The van der Waals surface area contributed by atoms with Crippen molar-refractivity contribution in [2.75, 3.05) is 44.2 Å². The van der Waals surface area contributed by atoms with Gasteiger partial charge in [0.1, 0.15) is 5.82 Å². The monoisotopic (exact) mass is 389 g/mol. The summed E-state index contributed by atoms with van der Waals surface area (Å²) in [5.41, 5.74) is -0.426. The quantitative estimate of drug-likeness (QED) is 0.794. The van der Waals surface area contributed by atoms with Crippen LogP contribution in [0.25, 0.3) is 10.8 Å². The number of rotatable bonds is 3. The first kappa shape index (κ1) is 18.8. The lowest BCUT2D eigenvalue weighted by Crippen LogP contribution is -2.51. The molecule has 9 heteroatoms. The Labute approximate surface area is 161 Å². The summed E-state index contributed by atoms with van der Waals surface area (Å²) in [6.07, 6.45) is -0.197. The van der Waals surface area contributed by atoms with Gasteiger partial charge in [0.2, 0.25) is 5.91 Å². The summed E-state index contributed by atoms with van der Waals surface area (Å²) >= 11 is 0. The number of nitrogens with one attached hydrogen (secondary N) is 2. The van der Waals surface area contributed by atoms with Gasteiger partial charge in [-0.1, -0.05) is 6.07 Å². The van der Waals surface area contributed by atoms with Crippen LogP contribution in [-0.4, -0.2) is 72.5 Å². The number of H-pyrrole nitrogens is 1. The highest BCUT2D eigenvalue weighted by Crippen LogP contribution is 2.27. The van der Waals surface area contributed by atoms with E-state index < -0.39 is 11.4 Å². The highest BCUT2D eigenvalue weighted by Gasteiger charge is 2.31. The van der Waals surface area contributed by atoms with Gasteiger partial charge >= 0.3 is 0 Å². The van der Waals surface area contributed by atoms with E-state index in [4.69, 9.17) is 4.74 Å². The van der Waals surface area contributed by atoms with Gasteiger partial charge in [-0.15, -0.1) is 0 Å². The fourth-order valence-electron chi connectivity index (χ4n) is 3.96. The molecule has 0 bridgehead atoms. The SMILES string of the molecule is C[C@@H]1CN(c2n[nH]c(=O)c3cccc(F)c23)C[C@@H](CC(=O)N2CCNCC2)O1. The normalized spacial score (nSPS) is 23.2. The first-order chi connectivity index (χ1) is 13.5. The number of hydrogen-bond donors (Lipinski definition) is 2. The Kier molecular flexibility index (Phi) is 5.27. The predicted molar refractivity (Wildman–Crippen MR) is 103 cm³/mol. The van der Waals surface area contributed by atoms with E-state index in [-0.39, 0.29) is 35.3 Å². The molecular formula is C19H24FN5O3. The van der Waals surface area contributed by atoms with Gasteiger partial charge in [-0.2, -0.15) is 5.10 Å². The second-order valence-corrected chi connectivity index (χ2v) is 7.35. The van der Waals surface area contributed by atoms with Crippen molar-refractivity contribution in [3.63, 3.8) is 0 Å². The molecule has 1 amide bonds. The zero-order valence-electron chi connectivity index (χ0n) is 15.8. The molecule has 0 radical (unpaired) electrons. The maximum atomic E-state index is 14.5. The fraction of sp³-hybridized carbons (Fsp3) is 0.526. The largest absolute Gasteiger partial charge is 0.371 e. The van der Waals surface area contributed by atoms with Crippen molar-refractivity contribution in [2.45, 2.75) is 25.6 Å². The maximum absolute atomic E-state index is 14.5. The number of nitrogens with zero attached hydrogens (tertiary/aromatic N) is 3. The van der Waals surface area contributed by atoms with Crippen LogP contribution in [0.2, 0.25) is 0 Å². The Morgan fingerprint density at radius 3 is 2.89 bits per heavy atom. The van der Waals surface area contributed by atoms with Gasteiger partial charge in [-0.25, -0.2) is 9.49 Å². The van der Waals surface area contributed by atoms with Gasteiger partial charge in [0.25, 0.3) is 5.56 Å². The maximum Gasteiger partial charge on any atom is 0.272 e. The number of morpholine rings is 1. The summed E-state index contributed by atoms with van der Waals surface area (Å²) in [5.74, 6) is -0.0489. The number of amides is 1. The number of ether oxygens (including phenoxy) is 1. The molecule has 0 spiro atoms. The second-order valence-electron chi connectivity index (χ2n) is 7.35. The average molecular weight is 389 g/mol. The van der Waals surface area contributed by atoms with Crippen molar-refractivity contribution in [1.29, 1.82) is 0 Å². The number of aromatic amines is 1. The summed E-state index contributed by atoms with van der Waals surface area (Å²) in [6.45, 7) is 5.81. The number of aromatic nitrogens is 2. The number of carbonyl (C=O) groups excluding carboxylic acids is 1. The van der Waals surface area contributed by atoms with Crippen LogP contribution in [0, 0.1) is 5.82 Å². The lowest BCUT2D eigenvalue weighted by atomic mass is 10.1. The van der Waals surface area contributed by atoms with Crippen LogP contribution in [0.4, 0.5) is 10.2 Å². The molecule has 0 saturated carbocycles. The minimum atomic E-state index is -0.487. The molecule has 2 saturated heterocycles. The lowest BCUT2D eigenvalue weighted by molar-refractivity contribution is -0.136. The van der Waals surface area contributed by atoms with Gasteiger partial charge in [0, 0.05) is 39.3 Å². The number of hydrogen-bond acceptors (Lipinski definition) is 6. The van der Waals surface area contributed by atoms with Crippen molar-refractivity contribution in [3.8, 4) is 0 Å². The molecule has 2 atom stereocenters. The number of carbonyl (C=O) groups is 1. The number of halogens is 1. The van der Waals surface area contributed by atoms with Crippen molar-refractivity contribution in [1.82, 2.24) is 20.4 Å². The highest BCUT2D eigenvalue weighted by molar-refractivity contribution is 5.92. The van der Waals surface area contributed by atoms with Crippen molar-refractivity contribution in [3.05, 3.63) is 34.4 Å². The summed E-state index contributed by atoms with van der Waals surface area (Å²) in [6, 6.07) is 4.41. The summed E-state index contributed by atoms with van der Waals surface area (Å²) < 4.78 is 20.5. The Hall–Kier alpha value is -2.52. The van der Waals surface area contributed by atoms with E-state index in [1.165, 1.54) is 12.1 Å². The van der Waals surface area contributed by atoms with E-state index in [1.54, 1.807) is 6.07 Å². The standard InChI is InChI=1S/C19H24FN5O3/c1-12-10-25(11-13(28-12)9-16(26)24-7-5-21-6-8-24)18-17-14(19(27)23-22-18)3-2-4-15(17)20/h2-4,12-13,21H,5-11H2,1H3,(H,23,27)/t12-,13-/m1/s1. The number of fused-ring (bicyclic) bond motifs is 1. The third-order valence-electron chi connectivity index (χ3n) is 5.24.